The van der Waals surface area contributed by atoms with Crippen LogP contribution < -0.4 is 4.90 Å². The molecule has 3 heteroatoms. The molecule has 1 aliphatic heterocycles. The average molecular weight is 303 g/mol. The van der Waals surface area contributed by atoms with Crippen LogP contribution in [0.25, 0.3) is 0 Å². The minimum Gasteiger partial charge on any atom is -0.467 e. The highest BCUT2D eigenvalue weighted by atomic mass is 16.5. The topological polar surface area (TPSA) is 29.5 Å². The quantitative estimate of drug-likeness (QED) is 0.780. The third-order valence-corrected chi connectivity index (χ3v) is 4.78. The van der Waals surface area contributed by atoms with E-state index in [2.05, 4.69) is 64.6 Å². The number of carbonyl (C=O) groups is 1. The van der Waals surface area contributed by atoms with Gasteiger partial charge in [0.15, 0.2) is 0 Å². The van der Waals surface area contributed by atoms with Crippen LogP contribution in [0.2, 0.25) is 0 Å². The van der Waals surface area contributed by atoms with Gasteiger partial charge in [0.1, 0.15) is 6.04 Å². The minimum absolute atomic E-state index is 0.0786. The summed E-state index contributed by atoms with van der Waals surface area (Å²) in [4.78, 5) is 14.7. The zero-order chi connectivity index (χ0) is 16.7. The van der Waals surface area contributed by atoms with Crippen LogP contribution in [-0.2, 0) is 9.53 Å². The lowest BCUT2D eigenvalue weighted by Gasteiger charge is -2.51. The van der Waals surface area contributed by atoms with Crippen molar-refractivity contribution in [2.24, 2.45) is 5.92 Å². The molecule has 0 saturated carbocycles. The van der Waals surface area contributed by atoms with E-state index in [-0.39, 0.29) is 23.5 Å². The number of benzene rings is 1. The number of methoxy groups -OCH3 is 1. The lowest BCUT2D eigenvalue weighted by molar-refractivity contribution is -0.143. The van der Waals surface area contributed by atoms with Gasteiger partial charge in [-0.3, -0.25) is 0 Å². The van der Waals surface area contributed by atoms with Crippen molar-refractivity contribution < 1.29 is 9.53 Å². The predicted molar refractivity (Wildman–Crippen MR) is 91.4 cm³/mol. The van der Waals surface area contributed by atoms with Crippen molar-refractivity contribution in [3.8, 4) is 0 Å². The Morgan fingerprint density at radius 3 is 2.55 bits per heavy atom. The molecule has 0 spiro atoms. The second kappa shape index (κ2) is 5.94. The molecule has 0 aromatic heterocycles. The Morgan fingerprint density at radius 2 is 2.00 bits per heavy atom. The highest BCUT2D eigenvalue weighted by molar-refractivity contribution is 5.82. The molecule has 2 atom stereocenters. The van der Waals surface area contributed by atoms with E-state index in [1.807, 2.05) is 0 Å². The Hall–Kier alpha value is -1.51. The molecule has 0 bridgehead atoms. The Balaban J connectivity index is 2.61. The van der Waals surface area contributed by atoms with Crippen molar-refractivity contribution in [2.45, 2.75) is 65.5 Å². The first kappa shape index (κ1) is 16.9. The Bertz CT molecular complexity index is 563. The molecule has 3 nitrogen and oxygen atoms in total. The molecule has 0 aliphatic carbocycles. The van der Waals surface area contributed by atoms with E-state index >= 15 is 0 Å². The molecule has 0 radical (unpaired) electrons. The molecule has 2 rings (SSSR count). The number of ether oxygens (including phenoxy) is 1. The summed E-state index contributed by atoms with van der Waals surface area (Å²) in [5.74, 6) is 0.532. The van der Waals surface area contributed by atoms with Gasteiger partial charge in [0.2, 0.25) is 0 Å². The molecular formula is C19H29NO2. The van der Waals surface area contributed by atoms with Gasteiger partial charge in [-0.2, -0.15) is 0 Å². The molecule has 0 saturated heterocycles. The van der Waals surface area contributed by atoms with Crippen molar-refractivity contribution in [2.75, 3.05) is 12.0 Å². The number of nitrogens with zero attached hydrogens (tertiary/aromatic N) is 1. The fourth-order valence-electron chi connectivity index (χ4n) is 3.89. The molecule has 122 valence electrons. The average Bonchev–Trinajstić information content (AvgIpc) is 2.42. The monoisotopic (exact) mass is 303 g/mol. The number of hydrogen-bond acceptors (Lipinski definition) is 3. The molecule has 0 unspecified atom stereocenters. The largest absolute Gasteiger partial charge is 0.467 e. The summed E-state index contributed by atoms with van der Waals surface area (Å²) in [7, 11) is 1.48. The van der Waals surface area contributed by atoms with E-state index in [0.29, 0.717) is 5.92 Å². The molecule has 0 fully saturated rings. The van der Waals surface area contributed by atoms with Crippen LogP contribution in [0.1, 0.15) is 58.1 Å². The summed E-state index contributed by atoms with van der Waals surface area (Å²) in [5.41, 5.74) is 3.71. The van der Waals surface area contributed by atoms with Crippen LogP contribution in [0, 0.1) is 12.8 Å². The third-order valence-electron chi connectivity index (χ3n) is 4.78. The van der Waals surface area contributed by atoms with Crippen molar-refractivity contribution in [3.05, 3.63) is 29.3 Å². The number of rotatable bonds is 3. The Labute approximate surface area is 134 Å². The van der Waals surface area contributed by atoms with E-state index in [1.165, 1.54) is 23.9 Å². The van der Waals surface area contributed by atoms with E-state index < -0.39 is 0 Å². The minimum atomic E-state index is -0.256. The van der Waals surface area contributed by atoms with E-state index in [4.69, 9.17) is 4.74 Å². The summed E-state index contributed by atoms with van der Waals surface area (Å²) < 4.78 is 5.11. The third kappa shape index (κ3) is 2.86. The van der Waals surface area contributed by atoms with Crippen molar-refractivity contribution in [1.29, 1.82) is 0 Å². The van der Waals surface area contributed by atoms with E-state index in [9.17, 15) is 4.79 Å². The van der Waals surface area contributed by atoms with Gasteiger partial charge in [-0.1, -0.05) is 38.5 Å². The van der Waals surface area contributed by atoms with Crippen molar-refractivity contribution >= 4 is 11.7 Å². The van der Waals surface area contributed by atoms with Crippen molar-refractivity contribution in [3.63, 3.8) is 0 Å². The van der Waals surface area contributed by atoms with Gasteiger partial charge in [0, 0.05) is 11.2 Å². The van der Waals surface area contributed by atoms with Crippen LogP contribution in [0.3, 0.4) is 0 Å². The zero-order valence-corrected chi connectivity index (χ0v) is 14.9. The number of aryl methyl sites for hydroxylation is 1. The van der Waals surface area contributed by atoms with Crippen LogP contribution in [0.15, 0.2) is 18.2 Å². The number of anilines is 1. The number of fused-ring (bicyclic) bond motifs is 1. The standard InChI is InChI=1S/C19H29NO2/c1-12(2)17(18(21)22-7)20-16-9-8-13(3)10-15(16)14(4)11-19(20,5)6/h8-10,12,14,17H,11H2,1-7H3/t14-,17-/m0/s1. The number of hydrogen-bond donors (Lipinski definition) is 0. The molecule has 0 amide bonds. The summed E-state index contributed by atoms with van der Waals surface area (Å²) in [6.45, 7) is 13.0. The van der Waals surface area contributed by atoms with E-state index in [1.54, 1.807) is 0 Å². The Morgan fingerprint density at radius 1 is 1.36 bits per heavy atom. The van der Waals surface area contributed by atoms with Crippen LogP contribution in [0.4, 0.5) is 5.69 Å². The summed E-state index contributed by atoms with van der Waals surface area (Å²) in [5, 5.41) is 0. The molecule has 1 aliphatic rings. The summed E-state index contributed by atoms with van der Waals surface area (Å²) in [6.07, 6.45) is 1.03. The van der Waals surface area contributed by atoms with Gasteiger partial charge in [-0.25, -0.2) is 4.79 Å². The van der Waals surface area contributed by atoms with Gasteiger partial charge >= 0.3 is 5.97 Å². The zero-order valence-electron chi connectivity index (χ0n) is 14.9. The maximum Gasteiger partial charge on any atom is 0.328 e. The summed E-state index contributed by atoms with van der Waals surface area (Å²) in [6, 6.07) is 6.31. The molecular weight excluding hydrogens is 274 g/mol. The molecule has 0 N–H and O–H groups in total. The highest BCUT2D eigenvalue weighted by Crippen LogP contribution is 2.45. The number of carbonyl (C=O) groups excluding carboxylic acids is 1. The SMILES string of the molecule is COC(=O)[C@H](C(C)C)N1c2ccc(C)cc2[C@@H](C)CC1(C)C. The van der Waals surface area contributed by atoms with Gasteiger partial charge < -0.3 is 9.64 Å². The molecule has 22 heavy (non-hydrogen) atoms. The maximum absolute atomic E-state index is 12.4. The van der Waals surface area contributed by atoms with Gasteiger partial charge in [-0.15, -0.1) is 0 Å². The van der Waals surface area contributed by atoms with E-state index in [0.717, 1.165) is 6.42 Å². The first-order chi connectivity index (χ1) is 10.2. The predicted octanol–water partition coefficient (Wildman–Crippen LogP) is 4.28. The first-order valence-electron chi connectivity index (χ1n) is 8.16. The fourth-order valence-corrected chi connectivity index (χ4v) is 3.89. The van der Waals surface area contributed by atoms with Crippen LogP contribution in [-0.4, -0.2) is 24.7 Å². The number of esters is 1. The highest BCUT2D eigenvalue weighted by Gasteiger charge is 2.43. The first-order valence-corrected chi connectivity index (χ1v) is 8.16. The van der Waals surface area contributed by atoms with Crippen molar-refractivity contribution in [1.82, 2.24) is 0 Å². The normalized spacial score (nSPS) is 21.5. The molecule has 1 heterocycles. The lowest BCUT2D eigenvalue weighted by Crippen LogP contribution is -2.58. The maximum atomic E-state index is 12.4. The fraction of sp³-hybridized carbons (Fsp3) is 0.632. The second-order valence-electron chi connectivity index (χ2n) is 7.56. The van der Waals surface area contributed by atoms with Gasteiger partial charge in [0.05, 0.1) is 7.11 Å². The lowest BCUT2D eigenvalue weighted by atomic mass is 9.77. The second-order valence-corrected chi connectivity index (χ2v) is 7.56. The smallest absolute Gasteiger partial charge is 0.328 e. The molecule has 1 aromatic rings. The van der Waals surface area contributed by atoms with Crippen LogP contribution in [0.5, 0.6) is 0 Å². The van der Waals surface area contributed by atoms with Gasteiger partial charge in [0.25, 0.3) is 0 Å². The van der Waals surface area contributed by atoms with Crippen LogP contribution >= 0.6 is 0 Å². The van der Waals surface area contributed by atoms with Gasteiger partial charge in [-0.05, 0) is 50.7 Å². The Kier molecular flexibility index (Phi) is 4.55. The molecule has 1 aromatic carbocycles. The summed E-state index contributed by atoms with van der Waals surface area (Å²) >= 11 is 0.